The standard InChI is InChI=1S/C31H24F3N3O2/c1-30(2,3)18-14-15-35-27(16-18)37-24-7-5-4-6-20(24)21-9-8-19(17-25(21)37)39-28-13-10-22-23(31(32,33)34)11-12-26(38)29(22)36-28/h4-17,38H,1-3H3. The lowest BCUT2D eigenvalue weighted by Crippen LogP contribution is -2.12. The van der Waals surface area contributed by atoms with E-state index in [1.54, 1.807) is 12.3 Å². The molecular formula is C31H24F3N3O2. The molecule has 3 aromatic heterocycles. The van der Waals surface area contributed by atoms with Crippen molar-refractivity contribution in [1.29, 1.82) is 0 Å². The summed E-state index contributed by atoms with van der Waals surface area (Å²) in [6.45, 7) is 6.45. The Labute approximate surface area is 222 Å². The van der Waals surface area contributed by atoms with Crippen LogP contribution in [0.4, 0.5) is 13.2 Å². The number of aromatic hydroxyl groups is 1. The number of nitrogens with zero attached hydrogens (tertiary/aromatic N) is 3. The van der Waals surface area contributed by atoms with Crippen LogP contribution in [-0.4, -0.2) is 19.6 Å². The average Bonchev–Trinajstić information content (AvgIpc) is 3.21. The normalized spacial score (nSPS) is 12.5. The van der Waals surface area contributed by atoms with Crippen LogP contribution >= 0.6 is 0 Å². The van der Waals surface area contributed by atoms with Crippen LogP contribution < -0.4 is 4.74 Å². The summed E-state index contributed by atoms with van der Waals surface area (Å²) in [5, 5.41) is 12.1. The number of benzene rings is 3. The van der Waals surface area contributed by atoms with Crippen LogP contribution in [-0.2, 0) is 11.6 Å². The van der Waals surface area contributed by atoms with Crippen molar-refractivity contribution in [3.05, 3.63) is 96.2 Å². The molecule has 0 amide bonds. The van der Waals surface area contributed by atoms with Crippen molar-refractivity contribution in [3.8, 4) is 23.2 Å². The van der Waals surface area contributed by atoms with E-state index in [4.69, 9.17) is 4.74 Å². The molecule has 0 atom stereocenters. The van der Waals surface area contributed by atoms with Gasteiger partial charge in [0.25, 0.3) is 0 Å². The van der Waals surface area contributed by atoms with Crippen LogP contribution in [0.15, 0.2) is 85.1 Å². The third kappa shape index (κ3) is 4.31. The van der Waals surface area contributed by atoms with Gasteiger partial charge in [0.1, 0.15) is 22.8 Å². The Kier molecular flexibility index (Phi) is 5.53. The number of hydrogen-bond acceptors (Lipinski definition) is 4. The highest BCUT2D eigenvalue weighted by Gasteiger charge is 2.33. The zero-order valence-electron chi connectivity index (χ0n) is 21.4. The van der Waals surface area contributed by atoms with E-state index in [-0.39, 0.29) is 27.9 Å². The molecule has 0 aliphatic heterocycles. The van der Waals surface area contributed by atoms with Crippen LogP contribution in [0.3, 0.4) is 0 Å². The monoisotopic (exact) mass is 527 g/mol. The second-order valence-corrected chi connectivity index (χ2v) is 10.5. The zero-order valence-corrected chi connectivity index (χ0v) is 21.4. The number of hydrogen-bond donors (Lipinski definition) is 1. The van der Waals surface area contributed by atoms with Gasteiger partial charge in [-0.05, 0) is 59.5 Å². The number of pyridine rings is 2. The van der Waals surface area contributed by atoms with E-state index < -0.39 is 11.7 Å². The predicted molar refractivity (Wildman–Crippen MR) is 146 cm³/mol. The molecule has 0 bridgehead atoms. The number of rotatable bonds is 3. The van der Waals surface area contributed by atoms with E-state index in [9.17, 15) is 18.3 Å². The van der Waals surface area contributed by atoms with Gasteiger partial charge in [0.15, 0.2) is 0 Å². The van der Waals surface area contributed by atoms with Gasteiger partial charge in [-0.25, -0.2) is 9.97 Å². The molecule has 6 rings (SSSR count). The molecule has 0 aliphatic rings. The first-order chi connectivity index (χ1) is 18.5. The number of fused-ring (bicyclic) bond motifs is 4. The van der Waals surface area contributed by atoms with E-state index in [0.29, 0.717) is 5.75 Å². The van der Waals surface area contributed by atoms with Gasteiger partial charge < -0.3 is 9.84 Å². The van der Waals surface area contributed by atoms with Gasteiger partial charge in [-0.15, -0.1) is 0 Å². The minimum atomic E-state index is -4.58. The van der Waals surface area contributed by atoms with Crippen LogP contribution in [0.25, 0.3) is 38.5 Å². The largest absolute Gasteiger partial charge is 0.506 e. The van der Waals surface area contributed by atoms with E-state index in [1.165, 1.54) is 12.1 Å². The number of aromatic nitrogens is 3. The summed E-state index contributed by atoms with van der Waals surface area (Å²) in [6, 6.07) is 22.2. The molecule has 196 valence electrons. The maximum absolute atomic E-state index is 13.5. The van der Waals surface area contributed by atoms with Crippen molar-refractivity contribution in [2.24, 2.45) is 0 Å². The Morgan fingerprint density at radius 2 is 1.54 bits per heavy atom. The van der Waals surface area contributed by atoms with Crippen molar-refractivity contribution in [1.82, 2.24) is 14.5 Å². The lowest BCUT2D eigenvalue weighted by Gasteiger charge is -2.20. The molecule has 8 heteroatoms. The summed E-state index contributed by atoms with van der Waals surface area (Å²) in [5.41, 5.74) is 1.87. The van der Waals surface area contributed by atoms with Crippen molar-refractivity contribution >= 4 is 32.7 Å². The van der Waals surface area contributed by atoms with Crippen molar-refractivity contribution in [2.75, 3.05) is 0 Å². The fraction of sp³-hybridized carbons (Fsp3) is 0.161. The average molecular weight is 528 g/mol. The Morgan fingerprint density at radius 1 is 0.795 bits per heavy atom. The van der Waals surface area contributed by atoms with Crippen molar-refractivity contribution in [2.45, 2.75) is 32.4 Å². The van der Waals surface area contributed by atoms with E-state index in [1.807, 2.05) is 42.5 Å². The maximum atomic E-state index is 13.5. The second-order valence-electron chi connectivity index (χ2n) is 10.5. The SMILES string of the molecule is CC(C)(C)c1ccnc(-n2c3ccccc3c3ccc(Oc4ccc5c(C(F)(F)F)ccc(O)c5n4)cc32)c1. The first kappa shape index (κ1) is 24.7. The first-order valence-electron chi connectivity index (χ1n) is 12.4. The Bertz CT molecular complexity index is 1890. The highest BCUT2D eigenvalue weighted by Crippen LogP contribution is 2.39. The lowest BCUT2D eigenvalue weighted by atomic mass is 9.88. The van der Waals surface area contributed by atoms with Gasteiger partial charge in [-0.1, -0.05) is 39.0 Å². The van der Waals surface area contributed by atoms with Crippen LogP contribution in [0, 0.1) is 0 Å². The highest BCUT2D eigenvalue weighted by atomic mass is 19.4. The topological polar surface area (TPSA) is 60.2 Å². The zero-order chi connectivity index (χ0) is 27.5. The fourth-order valence-corrected chi connectivity index (χ4v) is 4.88. The minimum Gasteiger partial charge on any atom is -0.506 e. The summed E-state index contributed by atoms with van der Waals surface area (Å²) in [4.78, 5) is 8.87. The molecule has 0 saturated carbocycles. The molecule has 3 aromatic carbocycles. The van der Waals surface area contributed by atoms with Gasteiger partial charge in [0.2, 0.25) is 5.88 Å². The summed E-state index contributed by atoms with van der Waals surface area (Å²) in [6.07, 6.45) is -2.77. The molecular weight excluding hydrogens is 503 g/mol. The highest BCUT2D eigenvalue weighted by molar-refractivity contribution is 6.09. The van der Waals surface area contributed by atoms with Crippen molar-refractivity contribution in [3.63, 3.8) is 0 Å². The predicted octanol–water partition coefficient (Wildman–Crippen LogP) is 8.54. The second kappa shape index (κ2) is 8.73. The summed E-state index contributed by atoms with van der Waals surface area (Å²) in [5.74, 6) is 0.909. The minimum absolute atomic E-state index is 0.0620. The van der Waals surface area contributed by atoms with E-state index in [0.717, 1.165) is 45.3 Å². The van der Waals surface area contributed by atoms with Crippen molar-refractivity contribution < 1.29 is 23.0 Å². The summed E-state index contributed by atoms with van der Waals surface area (Å²) < 4.78 is 48.4. The molecule has 0 aliphatic carbocycles. The number of ether oxygens (including phenoxy) is 1. The van der Waals surface area contributed by atoms with Gasteiger partial charge in [-0.2, -0.15) is 13.2 Å². The van der Waals surface area contributed by atoms with Crippen LogP contribution in [0.1, 0.15) is 31.9 Å². The maximum Gasteiger partial charge on any atom is 0.417 e. The Morgan fingerprint density at radius 3 is 2.31 bits per heavy atom. The molecule has 39 heavy (non-hydrogen) atoms. The Hall–Kier alpha value is -4.59. The summed E-state index contributed by atoms with van der Waals surface area (Å²) in [7, 11) is 0. The molecule has 0 saturated heterocycles. The summed E-state index contributed by atoms with van der Waals surface area (Å²) >= 11 is 0. The molecule has 6 aromatic rings. The first-order valence-corrected chi connectivity index (χ1v) is 12.4. The number of halogens is 3. The number of para-hydroxylation sites is 1. The van der Waals surface area contributed by atoms with Crippen LogP contribution in [0.2, 0.25) is 0 Å². The molecule has 1 N–H and O–H groups in total. The number of phenols is 1. The smallest absolute Gasteiger partial charge is 0.417 e. The molecule has 0 spiro atoms. The number of phenolic OH excluding ortho intramolecular Hbond substituents is 1. The van der Waals surface area contributed by atoms with Gasteiger partial charge >= 0.3 is 6.18 Å². The van der Waals surface area contributed by atoms with Crippen LogP contribution in [0.5, 0.6) is 17.4 Å². The molecule has 0 fully saturated rings. The fourth-order valence-electron chi connectivity index (χ4n) is 4.88. The van der Waals surface area contributed by atoms with Gasteiger partial charge in [0.05, 0.1) is 16.6 Å². The van der Waals surface area contributed by atoms with Gasteiger partial charge in [0, 0.05) is 34.5 Å². The lowest BCUT2D eigenvalue weighted by molar-refractivity contribution is -0.136. The molecule has 0 radical (unpaired) electrons. The molecule has 3 heterocycles. The third-order valence-corrected chi connectivity index (χ3v) is 6.82. The quantitative estimate of drug-likeness (QED) is 0.251. The molecule has 0 unspecified atom stereocenters. The third-order valence-electron chi connectivity index (χ3n) is 6.82. The number of alkyl halides is 3. The van der Waals surface area contributed by atoms with Gasteiger partial charge in [-0.3, -0.25) is 4.57 Å². The molecule has 5 nitrogen and oxygen atoms in total. The van der Waals surface area contributed by atoms with E-state index >= 15 is 0 Å². The van der Waals surface area contributed by atoms with E-state index in [2.05, 4.69) is 41.4 Å². The Balaban J connectivity index is 1.48.